The molecule has 2 aromatic carbocycles. The van der Waals surface area contributed by atoms with Crippen molar-refractivity contribution in [2.75, 3.05) is 0 Å². The monoisotopic (exact) mass is 367 g/mol. The lowest BCUT2D eigenvalue weighted by molar-refractivity contribution is -0.120. The molecular formula is C20H18FN3OS. The number of nitrogens with one attached hydrogen (secondary N) is 1. The van der Waals surface area contributed by atoms with E-state index in [2.05, 4.69) is 15.5 Å². The molecule has 1 aliphatic carbocycles. The number of hydrogen-bond donors (Lipinski definition) is 1. The van der Waals surface area contributed by atoms with Gasteiger partial charge in [-0.2, -0.15) is 0 Å². The van der Waals surface area contributed by atoms with Gasteiger partial charge in [0.25, 0.3) is 0 Å². The van der Waals surface area contributed by atoms with E-state index in [0.717, 1.165) is 34.2 Å². The van der Waals surface area contributed by atoms with Crippen LogP contribution in [0.1, 0.15) is 19.8 Å². The van der Waals surface area contributed by atoms with Crippen molar-refractivity contribution in [1.82, 2.24) is 15.5 Å². The third-order valence-corrected chi connectivity index (χ3v) is 5.44. The van der Waals surface area contributed by atoms with Crippen LogP contribution in [0.5, 0.6) is 0 Å². The van der Waals surface area contributed by atoms with Crippen LogP contribution in [-0.4, -0.2) is 27.4 Å². The molecule has 0 radical (unpaired) electrons. The van der Waals surface area contributed by atoms with Gasteiger partial charge in [0.15, 0.2) is 0 Å². The molecule has 26 heavy (non-hydrogen) atoms. The summed E-state index contributed by atoms with van der Waals surface area (Å²) in [6.07, 6.45) is 2.14. The molecule has 1 atom stereocenters. The fraction of sp³-hybridized carbons (Fsp3) is 0.250. The first-order chi connectivity index (χ1) is 12.6. The van der Waals surface area contributed by atoms with Crippen molar-refractivity contribution < 1.29 is 9.18 Å². The summed E-state index contributed by atoms with van der Waals surface area (Å²) in [4.78, 5) is 12.2. The summed E-state index contributed by atoms with van der Waals surface area (Å²) in [5.41, 5.74) is 1.52. The summed E-state index contributed by atoms with van der Waals surface area (Å²) in [5.74, 6) is -0.250. The third kappa shape index (κ3) is 3.55. The summed E-state index contributed by atoms with van der Waals surface area (Å²) in [6.45, 7) is 1.88. The Morgan fingerprint density at radius 2 is 1.81 bits per heavy atom. The number of carbonyl (C=O) groups excluding carboxylic acids is 1. The Bertz CT molecular complexity index is 957. The second-order valence-electron chi connectivity index (χ2n) is 6.45. The number of halogens is 1. The van der Waals surface area contributed by atoms with Crippen molar-refractivity contribution in [3.05, 3.63) is 54.3 Å². The smallest absolute Gasteiger partial charge is 0.233 e. The van der Waals surface area contributed by atoms with Gasteiger partial charge in [0.1, 0.15) is 16.5 Å². The van der Waals surface area contributed by atoms with Gasteiger partial charge in [-0.05, 0) is 44.0 Å². The first-order valence-electron chi connectivity index (χ1n) is 8.60. The zero-order chi connectivity index (χ0) is 18.1. The Kier molecular flexibility index (Phi) is 4.59. The molecule has 4 rings (SSSR count). The van der Waals surface area contributed by atoms with Crippen LogP contribution in [0.4, 0.5) is 4.39 Å². The zero-order valence-electron chi connectivity index (χ0n) is 14.3. The first kappa shape index (κ1) is 17.0. The molecule has 1 heterocycles. The van der Waals surface area contributed by atoms with Crippen molar-refractivity contribution in [2.45, 2.75) is 36.1 Å². The summed E-state index contributed by atoms with van der Waals surface area (Å²) >= 11 is 1.41. The van der Waals surface area contributed by atoms with Crippen LogP contribution in [-0.2, 0) is 4.79 Å². The number of carbonyl (C=O) groups is 1. The quantitative estimate of drug-likeness (QED) is 0.687. The van der Waals surface area contributed by atoms with Gasteiger partial charge in [0, 0.05) is 22.4 Å². The fourth-order valence-corrected chi connectivity index (χ4v) is 3.66. The molecule has 1 N–H and O–H groups in total. The van der Waals surface area contributed by atoms with Gasteiger partial charge in [-0.3, -0.25) is 4.79 Å². The minimum absolute atomic E-state index is 0.0333. The molecule has 1 amide bonds. The second-order valence-corrected chi connectivity index (χ2v) is 7.78. The highest BCUT2D eigenvalue weighted by molar-refractivity contribution is 8.00. The molecule has 0 bridgehead atoms. The minimum atomic E-state index is -0.284. The Morgan fingerprint density at radius 3 is 2.50 bits per heavy atom. The van der Waals surface area contributed by atoms with Crippen LogP contribution < -0.4 is 5.32 Å². The molecule has 0 saturated heterocycles. The second kappa shape index (κ2) is 7.03. The molecule has 1 aliphatic rings. The Balaban J connectivity index is 1.67. The number of thioether (sulfide) groups is 1. The number of nitrogens with zero attached hydrogens (tertiary/aromatic N) is 2. The number of aromatic nitrogens is 2. The molecule has 1 saturated carbocycles. The van der Waals surface area contributed by atoms with E-state index in [4.69, 9.17) is 0 Å². The maximum absolute atomic E-state index is 13.2. The Labute approximate surface area is 155 Å². The molecule has 1 aromatic heterocycles. The number of benzene rings is 2. The van der Waals surface area contributed by atoms with E-state index >= 15 is 0 Å². The van der Waals surface area contributed by atoms with Crippen molar-refractivity contribution in [2.24, 2.45) is 0 Å². The van der Waals surface area contributed by atoms with Crippen LogP contribution in [0, 0.1) is 5.82 Å². The number of rotatable bonds is 5. The predicted molar refractivity (Wildman–Crippen MR) is 101 cm³/mol. The van der Waals surface area contributed by atoms with Crippen molar-refractivity contribution >= 4 is 28.4 Å². The molecule has 3 aromatic rings. The topological polar surface area (TPSA) is 54.9 Å². The average Bonchev–Trinajstić information content (AvgIpc) is 3.47. The molecule has 1 fully saturated rings. The highest BCUT2D eigenvalue weighted by Gasteiger charge is 2.26. The van der Waals surface area contributed by atoms with E-state index in [1.54, 1.807) is 12.1 Å². The predicted octanol–water partition coefficient (Wildman–Crippen LogP) is 4.20. The maximum atomic E-state index is 13.2. The van der Waals surface area contributed by atoms with E-state index in [1.807, 2.05) is 31.2 Å². The Morgan fingerprint density at radius 1 is 1.12 bits per heavy atom. The lowest BCUT2D eigenvalue weighted by Gasteiger charge is -2.13. The van der Waals surface area contributed by atoms with Crippen molar-refractivity contribution in [1.29, 1.82) is 0 Å². The van der Waals surface area contributed by atoms with Crippen LogP contribution >= 0.6 is 11.8 Å². The fourth-order valence-electron chi connectivity index (χ4n) is 2.75. The molecule has 132 valence electrons. The van der Waals surface area contributed by atoms with E-state index in [9.17, 15) is 9.18 Å². The van der Waals surface area contributed by atoms with E-state index in [-0.39, 0.29) is 17.0 Å². The van der Waals surface area contributed by atoms with Gasteiger partial charge in [0.05, 0.1) is 5.25 Å². The van der Waals surface area contributed by atoms with Gasteiger partial charge in [-0.15, -0.1) is 10.2 Å². The third-order valence-electron chi connectivity index (χ3n) is 4.35. The zero-order valence-corrected chi connectivity index (χ0v) is 15.1. The molecular weight excluding hydrogens is 349 g/mol. The van der Waals surface area contributed by atoms with E-state index in [1.165, 1.54) is 23.9 Å². The molecule has 0 aliphatic heterocycles. The lowest BCUT2D eigenvalue weighted by atomic mass is 10.1. The number of hydrogen-bond acceptors (Lipinski definition) is 4. The number of amides is 1. The van der Waals surface area contributed by atoms with Crippen molar-refractivity contribution in [3.8, 4) is 11.3 Å². The molecule has 0 spiro atoms. The van der Waals surface area contributed by atoms with Gasteiger partial charge < -0.3 is 5.32 Å². The largest absolute Gasteiger partial charge is 0.352 e. The first-order valence-corrected chi connectivity index (χ1v) is 9.48. The summed E-state index contributed by atoms with van der Waals surface area (Å²) in [5, 5.41) is 14.1. The van der Waals surface area contributed by atoms with Crippen molar-refractivity contribution in [3.63, 3.8) is 0 Å². The van der Waals surface area contributed by atoms with Gasteiger partial charge >= 0.3 is 0 Å². The van der Waals surface area contributed by atoms with Gasteiger partial charge in [0.2, 0.25) is 5.91 Å². The number of fused-ring (bicyclic) bond motifs is 1. The molecule has 4 nitrogen and oxygen atoms in total. The average molecular weight is 367 g/mol. The normalized spacial score (nSPS) is 15.0. The minimum Gasteiger partial charge on any atom is -0.352 e. The highest BCUT2D eigenvalue weighted by Crippen LogP contribution is 2.33. The summed E-state index contributed by atoms with van der Waals surface area (Å²) < 4.78 is 13.2. The Hall–Kier alpha value is -2.47. The summed E-state index contributed by atoms with van der Waals surface area (Å²) in [6, 6.07) is 14.4. The van der Waals surface area contributed by atoms with Crippen LogP contribution in [0.3, 0.4) is 0 Å². The summed E-state index contributed by atoms with van der Waals surface area (Å²) in [7, 11) is 0. The molecule has 6 heteroatoms. The van der Waals surface area contributed by atoms with Crippen LogP contribution in [0.2, 0.25) is 0 Å². The standard InChI is InChI=1S/C20H18FN3OS/c1-12(19(25)22-15-10-11-15)26-20-17-5-3-2-4-16(17)18(23-24-20)13-6-8-14(21)9-7-13/h2-9,12,15H,10-11H2,1H3,(H,22,25)/t12-/m0/s1. The lowest BCUT2D eigenvalue weighted by Crippen LogP contribution is -2.32. The van der Waals surface area contributed by atoms with Crippen LogP contribution in [0.25, 0.3) is 22.0 Å². The van der Waals surface area contributed by atoms with E-state index < -0.39 is 0 Å². The van der Waals surface area contributed by atoms with Gasteiger partial charge in [-0.25, -0.2) is 4.39 Å². The SMILES string of the molecule is C[C@H](Sc1nnc(-c2ccc(F)cc2)c2ccccc12)C(=O)NC1CC1. The van der Waals surface area contributed by atoms with Crippen LogP contribution in [0.15, 0.2) is 53.6 Å². The highest BCUT2D eigenvalue weighted by atomic mass is 32.2. The molecule has 0 unspecified atom stereocenters. The van der Waals surface area contributed by atoms with Gasteiger partial charge in [-0.1, -0.05) is 36.0 Å². The van der Waals surface area contributed by atoms with E-state index in [0.29, 0.717) is 11.7 Å². The maximum Gasteiger partial charge on any atom is 0.233 e.